The van der Waals surface area contributed by atoms with Gasteiger partial charge in [-0.25, -0.2) is 0 Å². The van der Waals surface area contributed by atoms with Crippen molar-refractivity contribution in [1.82, 2.24) is 4.98 Å². The van der Waals surface area contributed by atoms with E-state index < -0.39 is 29.1 Å². The first-order valence-electron chi connectivity index (χ1n) is 17.5. The van der Waals surface area contributed by atoms with Gasteiger partial charge in [-0.2, -0.15) is 0 Å². The number of ether oxygens (including phenoxy) is 2. The highest BCUT2D eigenvalue weighted by Crippen LogP contribution is 2.65. The molecular formula is C44H37ClN2O5. The fraction of sp³-hybridized carbons (Fsp3) is 0.205. The number of benzene rings is 5. The lowest BCUT2D eigenvalue weighted by Gasteiger charge is -2.48. The van der Waals surface area contributed by atoms with E-state index in [4.69, 9.17) is 21.1 Å². The number of hydrogen-bond donors (Lipinski definition) is 1. The van der Waals surface area contributed by atoms with E-state index in [1.807, 2.05) is 104 Å². The number of fused-ring (bicyclic) bond motifs is 5. The van der Waals surface area contributed by atoms with Crippen molar-refractivity contribution < 1.29 is 23.9 Å². The van der Waals surface area contributed by atoms with Crippen molar-refractivity contribution in [2.75, 3.05) is 18.6 Å². The van der Waals surface area contributed by atoms with Crippen molar-refractivity contribution in [1.29, 1.82) is 0 Å². The van der Waals surface area contributed by atoms with Gasteiger partial charge in [-0.05, 0) is 84.6 Å². The predicted molar refractivity (Wildman–Crippen MR) is 202 cm³/mol. The number of nitrogens with one attached hydrogen (secondary N) is 1. The maximum absolute atomic E-state index is 16.1. The highest BCUT2D eigenvalue weighted by atomic mass is 35.5. The maximum atomic E-state index is 16.1. The second-order valence-electron chi connectivity index (χ2n) is 13.5. The normalized spacial score (nSPS) is 20.5. The Balaban J connectivity index is 1.52. The second kappa shape index (κ2) is 13.1. The van der Waals surface area contributed by atoms with E-state index >= 15 is 9.59 Å². The Hall–Kier alpha value is -5.66. The summed E-state index contributed by atoms with van der Waals surface area (Å²) in [4.78, 5) is 51.7. The third-order valence-electron chi connectivity index (χ3n) is 10.7. The molecule has 5 aromatic carbocycles. The smallest absolute Gasteiger partial charge is 0.315 e. The number of para-hydroxylation sites is 1. The van der Waals surface area contributed by atoms with Crippen molar-refractivity contribution in [3.8, 4) is 5.75 Å². The summed E-state index contributed by atoms with van der Waals surface area (Å²) in [5.74, 6) is -3.65. The fourth-order valence-corrected chi connectivity index (χ4v) is 8.73. The molecule has 0 radical (unpaired) electrons. The average molecular weight is 709 g/mol. The molecule has 0 unspecified atom stereocenters. The quantitative estimate of drug-likeness (QED) is 0.126. The molecule has 6 aromatic rings. The van der Waals surface area contributed by atoms with E-state index in [9.17, 15) is 4.79 Å². The van der Waals surface area contributed by atoms with Crippen LogP contribution in [0.2, 0.25) is 5.02 Å². The minimum atomic E-state index is -1.59. The molecule has 260 valence electrons. The number of ketones is 1. The van der Waals surface area contributed by atoms with Gasteiger partial charge in [-0.1, -0.05) is 90.0 Å². The molecule has 1 aliphatic heterocycles. The number of aromatic amines is 1. The molecule has 1 spiro atoms. The largest absolute Gasteiger partial charge is 0.497 e. The number of amides is 1. The Morgan fingerprint density at radius 2 is 1.60 bits per heavy atom. The number of aryl methyl sites for hydroxylation is 1. The Bertz CT molecular complexity index is 2330. The number of carbonyl (C=O) groups excluding carboxylic acids is 3. The number of Topliss-reactive ketones (excluding diaryl/α,β-unsaturated/α-hetero) is 1. The number of aromatic nitrogens is 1. The van der Waals surface area contributed by atoms with E-state index in [0.717, 1.165) is 33.2 Å². The molecule has 1 amide bonds. The average Bonchev–Trinajstić information content (AvgIpc) is 3.65. The van der Waals surface area contributed by atoms with E-state index in [1.54, 1.807) is 43.2 Å². The van der Waals surface area contributed by atoms with E-state index in [1.165, 1.54) is 0 Å². The first-order chi connectivity index (χ1) is 25.3. The number of H-pyrrole nitrogens is 1. The molecule has 4 atom stereocenters. The van der Waals surface area contributed by atoms with Crippen LogP contribution >= 0.6 is 11.6 Å². The Kier molecular flexibility index (Phi) is 8.47. The van der Waals surface area contributed by atoms with Gasteiger partial charge in [0.1, 0.15) is 11.7 Å². The summed E-state index contributed by atoms with van der Waals surface area (Å²) in [7, 11) is 1.57. The van der Waals surface area contributed by atoms with Crippen LogP contribution in [0.25, 0.3) is 10.9 Å². The van der Waals surface area contributed by atoms with Gasteiger partial charge in [-0.3, -0.25) is 14.4 Å². The van der Waals surface area contributed by atoms with Crippen molar-refractivity contribution in [2.45, 2.75) is 37.6 Å². The molecule has 1 N–H and O–H groups in total. The van der Waals surface area contributed by atoms with Crippen molar-refractivity contribution in [2.24, 2.45) is 5.92 Å². The van der Waals surface area contributed by atoms with Gasteiger partial charge in [0.25, 0.3) is 0 Å². The molecule has 0 bridgehead atoms. The number of nitrogens with zero attached hydrogens (tertiary/aromatic N) is 1. The minimum absolute atomic E-state index is 0.103. The standard InChI is InChI=1S/C44H37ClN2O5/c1-4-52-42(49)37-39(41(48)29-17-21-31(51-3)22-18-29)44(33-24-26(2)14-23-35(33)47(43(44)50)25-27-10-6-5-7-11-27)38(28-15-19-30(45)20-16-28)36-32-12-8-9-13-34(32)46-40(36)37/h5-24,37-39,46H,4,25H2,1-3H3/t37-,38+,39+,44-/m1/s1. The third kappa shape index (κ3) is 5.14. The van der Waals surface area contributed by atoms with Crippen LogP contribution in [-0.2, 0) is 26.3 Å². The first kappa shape index (κ1) is 33.5. The van der Waals surface area contributed by atoms with Crippen molar-refractivity contribution in [3.05, 3.63) is 165 Å². The van der Waals surface area contributed by atoms with Crippen LogP contribution in [0, 0.1) is 12.8 Å². The lowest BCUT2D eigenvalue weighted by atomic mass is 9.50. The Labute approximate surface area is 307 Å². The molecule has 1 aromatic heterocycles. The molecule has 1 aliphatic carbocycles. The number of halogens is 1. The van der Waals surface area contributed by atoms with E-state index in [-0.39, 0.29) is 24.8 Å². The summed E-state index contributed by atoms with van der Waals surface area (Å²) in [5, 5.41) is 1.41. The molecule has 8 rings (SSSR count). The highest BCUT2D eigenvalue weighted by Gasteiger charge is 2.68. The van der Waals surface area contributed by atoms with E-state index in [0.29, 0.717) is 33.3 Å². The van der Waals surface area contributed by atoms with Crippen LogP contribution < -0.4 is 9.64 Å². The van der Waals surface area contributed by atoms with Crippen LogP contribution in [0.1, 0.15) is 62.6 Å². The third-order valence-corrected chi connectivity index (χ3v) is 11.0. The topological polar surface area (TPSA) is 88.7 Å². The second-order valence-corrected chi connectivity index (χ2v) is 14.0. The SMILES string of the molecule is CCOC(=O)[C@H]1c2[nH]c3ccccc3c2[C@H](c2ccc(Cl)cc2)[C@@]2(C(=O)N(Cc3ccccc3)c3ccc(C)cc32)[C@@H]1C(=O)c1ccc(OC)cc1. The fourth-order valence-electron chi connectivity index (χ4n) is 8.61. The van der Waals surface area contributed by atoms with Gasteiger partial charge in [0.2, 0.25) is 5.91 Å². The number of rotatable bonds is 8. The number of anilines is 1. The van der Waals surface area contributed by atoms with Gasteiger partial charge in [0.15, 0.2) is 5.78 Å². The van der Waals surface area contributed by atoms with Crippen LogP contribution in [-0.4, -0.2) is 36.4 Å². The molecule has 2 aliphatic rings. The Morgan fingerprint density at radius 3 is 2.31 bits per heavy atom. The summed E-state index contributed by atoms with van der Waals surface area (Å²) in [5.41, 5.74) is 4.99. The van der Waals surface area contributed by atoms with Crippen LogP contribution in [0.15, 0.2) is 121 Å². The van der Waals surface area contributed by atoms with Gasteiger partial charge >= 0.3 is 5.97 Å². The summed E-state index contributed by atoms with van der Waals surface area (Å²) >= 11 is 6.50. The lowest BCUT2D eigenvalue weighted by molar-refractivity contribution is -0.147. The van der Waals surface area contributed by atoms with Gasteiger partial charge in [0.05, 0.1) is 31.6 Å². The zero-order valence-electron chi connectivity index (χ0n) is 29.1. The summed E-state index contributed by atoms with van der Waals surface area (Å²) in [6.45, 7) is 4.11. The number of esters is 1. The molecule has 0 fully saturated rings. The molecule has 52 heavy (non-hydrogen) atoms. The maximum Gasteiger partial charge on any atom is 0.315 e. The molecule has 0 saturated carbocycles. The van der Waals surface area contributed by atoms with Gasteiger partial charge in [0, 0.05) is 38.8 Å². The Morgan fingerprint density at radius 1 is 0.885 bits per heavy atom. The number of methoxy groups -OCH3 is 1. The zero-order chi connectivity index (χ0) is 36.1. The van der Waals surface area contributed by atoms with Gasteiger partial charge < -0.3 is 19.4 Å². The summed E-state index contributed by atoms with van der Waals surface area (Å²) < 4.78 is 11.3. The zero-order valence-corrected chi connectivity index (χ0v) is 29.8. The molecule has 0 saturated heterocycles. The van der Waals surface area contributed by atoms with Crippen molar-refractivity contribution >= 4 is 45.9 Å². The van der Waals surface area contributed by atoms with Crippen LogP contribution in [0.4, 0.5) is 5.69 Å². The minimum Gasteiger partial charge on any atom is -0.497 e. The summed E-state index contributed by atoms with van der Waals surface area (Å²) in [6.07, 6.45) is 0. The lowest BCUT2D eigenvalue weighted by Crippen LogP contribution is -2.58. The molecule has 7 nitrogen and oxygen atoms in total. The number of hydrogen-bond acceptors (Lipinski definition) is 5. The molecular weight excluding hydrogens is 672 g/mol. The van der Waals surface area contributed by atoms with Crippen molar-refractivity contribution in [3.63, 3.8) is 0 Å². The highest BCUT2D eigenvalue weighted by molar-refractivity contribution is 6.30. The number of carbonyl (C=O) groups is 3. The van der Waals surface area contributed by atoms with Crippen LogP contribution in [0.3, 0.4) is 0 Å². The van der Waals surface area contributed by atoms with Crippen LogP contribution in [0.5, 0.6) is 5.75 Å². The molecule has 8 heteroatoms. The first-order valence-corrected chi connectivity index (χ1v) is 17.8. The van der Waals surface area contributed by atoms with E-state index in [2.05, 4.69) is 4.98 Å². The predicted octanol–water partition coefficient (Wildman–Crippen LogP) is 8.91. The summed E-state index contributed by atoms with van der Waals surface area (Å²) in [6, 6.07) is 38.0. The monoisotopic (exact) mass is 708 g/mol. The van der Waals surface area contributed by atoms with Gasteiger partial charge in [-0.15, -0.1) is 0 Å². The molecule has 2 heterocycles.